The number of benzene rings is 1. The Labute approximate surface area is 95.7 Å². The highest BCUT2D eigenvalue weighted by atomic mass is 16.8. The highest BCUT2D eigenvalue weighted by Crippen LogP contribution is 2.30. The first-order chi connectivity index (χ1) is 7.94. The van der Waals surface area contributed by atoms with Gasteiger partial charge in [0, 0.05) is 22.7 Å². The Bertz CT molecular complexity index is 522. The molecule has 17 heavy (non-hydrogen) atoms. The van der Waals surface area contributed by atoms with Gasteiger partial charge in [-0.1, -0.05) is 18.2 Å². The van der Waals surface area contributed by atoms with E-state index in [2.05, 4.69) is 4.98 Å². The van der Waals surface area contributed by atoms with E-state index < -0.39 is 17.2 Å². The Morgan fingerprint density at radius 1 is 1.18 bits per heavy atom. The third kappa shape index (κ3) is 1.91. The summed E-state index contributed by atoms with van der Waals surface area (Å²) in [4.78, 5) is 2.82. The van der Waals surface area contributed by atoms with E-state index >= 15 is 0 Å². The zero-order chi connectivity index (χ0) is 12.6. The molecule has 1 unspecified atom stereocenters. The van der Waals surface area contributed by atoms with Crippen molar-refractivity contribution >= 4 is 10.9 Å². The first-order valence-electron chi connectivity index (χ1n) is 4.81. The number of fused-ring (bicyclic) bond motifs is 1. The maximum absolute atomic E-state index is 9.72. The van der Waals surface area contributed by atoms with Crippen LogP contribution in [0, 0.1) is 0 Å². The number of nitrogens with zero attached hydrogens (tertiary/aromatic N) is 1. The van der Waals surface area contributed by atoms with Crippen LogP contribution in [0.15, 0.2) is 30.5 Å². The Hall–Kier alpha value is -1.48. The number of aromatic amines is 1. The number of para-hydroxylation sites is 1. The molecule has 6 N–H and O–H groups in total. The van der Waals surface area contributed by atoms with Gasteiger partial charge in [-0.15, -0.1) is 0 Å². The normalized spacial score (nSPS) is 14.5. The monoisotopic (exact) mass is 240 g/mol. The summed E-state index contributed by atoms with van der Waals surface area (Å²) >= 11 is 0. The van der Waals surface area contributed by atoms with E-state index in [0.717, 1.165) is 0 Å². The number of nitrogens with one attached hydrogen (secondary N) is 1. The van der Waals surface area contributed by atoms with Gasteiger partial charge in [-0.25, -0.2) is 0 Å². The van der Waals surface area contributed by atoms with Crippen LogP contribution in [0.1, 0.15) is 11.7 Å². The molecule has 1 aromatic carbocycles. The van der Waals surface area contributed by atoms with E-state index in [0.29, 0.717) is 10.9 Å². The number of aliphatic hydroxyl groups is 3. The van der Waals surface area contributed by atoms with Crippen LogP contribution in [0.4, 0.5) is 0 Å². The summed E-state index contributed by atoms with van der Waals surface area (Å²) in [6.07, 6.45) is -0.548. The number of hydrogen-bond donors (Lipinski definition) is 6. The fraction of sp³-hybridized carbons (Fsp3) is 0.200. The second kappa shape index (κ2) is 4.08. The molecule has 2 rings (SSSR count). The van der Waals surface area contributed by atoms with E-state index in [-0.39, 0.29) is 5.56 Å². The summed E-state index contributed by atoms with van der Waals surface area (Å²) in [6.45, 7) is 0. The van der Waals surface area contributed by atoms with Gasteiger partial charge < -0.3 is 20.3 Å². The minimum atomic E-state index is -3.19. The summed E-state index contributed by atoms with van der Waals surface area (Å²) in [5, 5.41) is 45.3. The minimum Gasteiger partial charge on any atom is -0.381 e. The van der Waals surface area contributed by atoms with E-state index in [4.69, 9.17) is 10.4 Å². The molecule has 0 saturated heterocycles. The maximum Gasteiger partial charge on any atom is 0.303 e. The van der Waals surface area contributed by atoms with Crippen molar-refractivity contribution in [3.63, 3.8) is 0 Å². The summed E-state index contributed by atoms with van der Waals surface area (Å²) < 4.78 is 0. The third-order valence-electron chi connectivity index (χ3n) is 2.58. The first-order valence-corrected chi connectivity index (χ1v) is 4.81. The van der Waals surface area contributed by atoms with Crippen molar-refractivity contribution in [3.8, 4) is 0 Å². The molecule has 1 atom stereocenters. The van der Waals surface area contributed by atoms with Crippen LogP contribution in [-0.4, -0.2) is 41.9 Å². The van der Waals surface area contributed by atoms with E-state index in [1.54, 1.807) is 24.3 Å². The van der Waals surface area contributed by atoms with Crippen LogP contribution in [0.3, 0.4) is 0 Å². The smallest absolute Gasteiger partial charge is 0.303 e. The Balaban J connectivity index is 2.47. The zero-order valence-corrected chi connectivity index (χ0v) is 8.65. The maximum atomic E-state index is 9.72. The van der Waals surface area contributed by atoms with Crippen molar-refractivity contribution in [1.29, 1.82) is 0 Å². The van der Waals surface area contributed by atoms with E-state index in [1.165, 1.54) is 6.20 Å². The van der Waals surface area contributed by atoms with Gasteiger partial charge in [0.2, 0.25) is 0 Å². The predicted octanol–water partition coefficient (Wildman–Crippen LogP) is -0.0799. The van der Waals surface area contributed by atoms with E-state index in [1.807, 2.05) is 0 Å². The van der Waals surface area contributed by atoms with Crippen molar-refractivity contribution in [2.45, 2.75) is 12.0 Å². The van der Waals surface area contributed by atoms with Gasteiger partial charge >= 0.3 is 5.91 Å². The second-order valence-electron chi connectivity index (χ2n) is 3.67. The molecule has 1 heterocycles. The average molecular weight is 240 g/mol. The number of rotatable bonds is 3. The molecule has 1 aromatic heterocycles. The van der Waals surface area contributed by atoms with Gasteiger partial charge in [0.25, 0.3) is 0 Å². The van der Waals surface area contributed by atoms with Gasteiger partial charge in [0.15, 0.2) is 6.10 Å². The fourth-order valence-corrected chi connectivity index (χ4v) is 1.64. The van der Waals surface area contributed by atoms with Crippen LogP contribution in [-0.2, 0) is 0 Å². The molecule has 0 radical (unpaired) electrons. The Morgan fingerprint density at radius 3 is 2.47 bits per heavy atom. The topological polar surface area (TPSA) is 120 Å². The lowest BCUT2D eigenvalue weighted by atomic mass is 10.1. The van der Waals surface area contributed by atoms with Gasteiger partial charge in [-0.3, -0.25) is 10.4 Å². The number of aliphatic hydroxyl groups excluding tert-OH is 1. The Morgan fingerprint density at radius 2 is 1.82 bits per heavy atom. The van der Waals surface area contributed by atoms with Gasteiger partial charge in [-0.2, -0.15) is 0 Å². The number of hydroxylamine groups is 2. The molecule has 0 amide bonds. The standard InChI is InChI=1S/C10H12N2O5/c13-9(10(14,15)12(16)17)7-5-11-8-4-2-1-3-6(7)8/h1-5,9,11,13-17H. The number of hydrogen-bond acceptors (Lipinski definition) is 6. The highest BCUT2D eigenvalue weighted by molar-refractivity contribution is 5.83. The van der Waals surface area contributed by atoms with Crippen LogP contribution in [0.25, 0.3) is 10.9 Å². The fourth-order valence-electron chi connectivity index (χ4n) is 1.64. The van der Waals surface area contributed by atoms with Crippen molar-refractivity contribution < 1.29 is 25.7 Å². The van der Waals surface area contributed by atoms with Crippen molar-refractivity contribution in [2.24, 2.45) is 0 Å². The summed E-state index contributed by atoms with van der Waals surface area (Å²) in [5.74, 6) is -3.19. The molecule has 0 aliphatic heterocycles. The molecule has 0 bridgehead atoms. The Kier molecular flexibility index (Phi) is 2.87. The summed E-state index contributed by atoms with van der Waals surface area (Å²) in [5.41, 5.74) is 0.818. The quantitative estimate of drug-likeness (QED) is 0.330. The highest BCUT2D eigenvalue weighted by Gasteiger charge is 2.41. The lowest BCUT2D eigenvalue weighted by molar-refractivity contribution is -0.494. The van der Waals surface area contributed by atoms with Crippen LogP contribution in [0.2, 0.25) is 0 Å². The molecule has 92 valence electrons. The zero-order valence-electron chi connectivity index (χ0n) is 8.65. The molecule has 0 spiro atoms. The van der Waals surface area contributed by atoms with Gasteiger partial charge in [0.1, 0.15) is 0 Å². The molecule has 7 heteroatoms. The second-order valence-corrected chi connectivity index (χ2v) is 3.67. The van der Waals surface area contributed by atoms with Gasteiger partial charge in [-0.05, 0) is 11.3 Å². The molecule has 0 fully saturated rings. The third-order valence-corrected chi connectivity index (χ3v) is 2.58. The minimum absolute atomic E-state index is 0.138. The van der Waals surface area contributed by atoms with E-state index in [9.17, 15) is 15.3 Å². The SMILES string of the molecule is OC(c1c[nH]c2ccccc12)C(O)(O)N(O)O. The molecule has 0 aliphatic carbocycles. The first kappa shape index (κ1) is 12.0. The summed E-state index contributed by atoms with van der Waals surface area (Å²) in [6, 6.07) is 6.86. The molecule has 2 aromatic rings. The van der Waals surface area contributed by atoms with Crippen molar-refractivity contribution in [1.82, 2.24) is 10.2 Å². The molecule has 0 aliphatic rings. The lowest BCUT2D eigenvalue weighted by Crippen LogP contribution is -2.49. The largest absolute Gasteiger partial charge is 0.381 e. The lowest BCUT2D eigenvalue weighted by Gasteiger charge is -2.29. The van der Waals surface area contributed by atoms with Crippen molar-refractivity contribution in [3.05, 3.63) is 36.0 Å². The summed E-state index contributed by atoms with van der Waals surface area (Å²) in [7, 11) is 0. The van der Waals surface area contributed by atoms with Crippen LogP contribution >= 0.6 is 0 Å². The molecule has 7 nitrogen and oxygen atoms in total. The van der Waals surface area contributed by atoms with Gasteiger partial charge in [0.05, 0.1) is 0 Å². The average Bonchev–Trinajstić information content (AvgIpc) is 2.71. The molecular formula is C10H12N2O5. The van der Waals surface area contributed by atoms with Crippen LogP contribution < -0.4 is 0 Å². The number of H-pyrrole nitrogens is 1. The molecular weight excluding hydrogens is 228 g/mol. The predicted molar refractivity (Wildman–Crippen MR) is 55.8 cm³/mol. The van der Waals surface area contributed by atoms with Crippen LogP contribution in [0.5, 0.6) is 0 Å². The number of aromatic nitrogens is 1. The van der Waals surface area contributed by atoms with Crippen molar-refractivity contribution in [2.75, 3.05) is 0 Å². The molecule has 0 saturated carbocycles.